The number of nitrogens with zero attached hydrogens (tertiary/aromatic N) is 2. The van der Waals surface area contributed by atoms with Gasteiger partial charge in [-0.3, -0.25) is 9.78 Å². The van der Waals surface area contributed by atoms with Crippen molar-refractivity contribution in [3.05, 3.63) is 58.1 Å². The zero-order chi connectivity index (χ0) is 13.8. The number of carbonyl (C=O) groups is 1. The first kappa shape index (κ1) is 13.2. The molecule has 0 radical (unpaired) electrons. The van der Waals surface area contributed by atoms with Crippen LogP contribution < -0.4 is 5.32 Å². The Morgan fingerprint density at radius 2 is 2.16 bits per heavy atom. The molecule has 19 heavy (non-hydrogen) atoms. The molecule has 0 aliphatic carbocycles. The van der Waals surface area contributed by atoms with Gasteiger partial charge in [0.05, 0.1) is 17.3 Å². The minimum atomic E-state index is -0.575. The third-order valence-corrected chi connectivity index (χ3v) is 2.79. The lowest BCUT2D eigenvalue weighted by atomic mass is 10.2. The van der Waals surface area contributed by atoms with Gasteiger partial charge in [0.1, 0.15) is 11.5 Å². The molecule has 0 fully saturated rings. The molecule has 0 saturated heterocycles. The van der Waals surface area contributed by atoms with Gasteiger partial charge in [0.25, 0.3) is 5.91 Å². The Morgan fingerprint density at radius 1 is 1.37 bits per heavy atom. The van der Waals surface area contributed by atoms with Gasteiger partial charge in [0, 0.05) is 10.7 Å². The Balaban J connectivity index is 2.26. The number of halogens is 2. The van der Waals surface area contributed by atoms with Crippen LogP contribution in [0.2, 0.25) is 0 Å². The van der Waals surface area contributed by atoms with E-state index in [1.54, 1.807) is 0 Å². The third kappa shape index (κ3) is 3.14. The fourth-order valence-electron chi connectivity index (χ4n) is 1.40. The zero-order valence-corrected chi connectivity index (χ0v) is 11.1. The van der Waals surface area contributed by atoms with E-state index in [0.29, 0.717) is 10.0 Å². The number of benzene rings is 1. The molecule has 0 unspecified atom stereocenters. The molecule has 94 valence electrons. The lowest BCUT2D eigenvalue weighted by Gasteiger charge is -2.06. The van der Waals surface area contributed by atoms with Crippen LogP contribution in [0.4, 0.5) is 10.1 Å². The van der Waals surface area contributed by atoms with Crippen LogP contribution in [0.5, 0.6) is 0 Å². The predicted octanol–water partition coefficient (Wildman–Crippen LogP) is 3.11. The summed E-state index contributed by atoms with van der Waals surface area (Å²) in [5.41, 5.74) is 0.414. The fraction of sp³-hybridized carbons (Fsp3) is 0. The SMILES string of the molecule is N#Cc1ccnc(C(=O)Nc2cc(Br)ccc2F)c1. The van der Waals surface area contributed by atoms with E-state index in [9.17, 15) is 9.18 Å². The van der Waals surface area contributed by atoms with Crippen molar-refractivity contribution in [1.82, 2.24) is 4.98 Å². The quantitative estimate of drug-likeness (QED) is 0.924. The molecule has 1 aromatic carbocycles. The lowest BCUT2D eigenvalue weighted by Crippen LogP contribution is -2.14. The summed E-state index contributed by atoms with van der Waals surface area (Å²) in [5, 5.41) is 11.1. The van der Waals surface area contributed by atoms with Gasteiger partial charge >= 0.3 is 0 Å². The van der Waals surface area contributed by atoms with Crippen molar-refractivity contribution in [2.45, 2.75) is 0 Å². The summed E-state index contributed by atoms with van der Waals surface area (Å²) < 4.78 is 14.1. The van der Waals surface area contributed by atoms with Crippen molar-refractivity contribution < 1.29 is 9.18 Å². The summed E-state index contributed by atoms with van der Waals surface area (Å²) in [7, 11) is 0. The van der Waals surface area contributed by atoms with Gasteiger partial charge in [-0.25, -0.2) is 4.39 Å². The molecule has 4 nitrogen and oxygen atoms in total. The minimum absolute atomic E-state index is 0.0449. The van der Waals surface area contributed by atoms with Crippen LogP contribution >= 0.6 is 15.9 Å². The highest BCUT2D eigenvalue weighted by atomic mass is 79.9. The molecule has 0 bridgehead atoms. The maximum Gasteiger partial charge on any atom is 0.274 e. The molecule has 1 aromatic heterocycles. The molecule has 2 rings (SSSR count). The highest BCUT2D eigenvalue weighted by Crippen LogP contribution is 2.20. The van der Waals surface area contributed by atoms with Crippen molar-refractivity contribution in [3.8, 4) is 6.07 Å². The number of anilines is 1. The van der Waals surface area contributed by atoms with Crippen molar-refractivity contribution in [3.63, 3.8) is 0 Å². The molecule has 0 spiro atoms. The van der Waals surface area contributed by atoms with Crippen LogP contribution in [0, 0.1) is 17.1 Å². The van der Waals surface area contributed by atoms with E-state index < -0.39 is 11.7 Å². The highest BCUT2D eigenvalue weighted by Gasteiger charge is 2.11. The predicted molar refractivity (Wildman–Crippen MR) is 71.0 cm³/mol. The van der Waals surface area contributed by atoms with Crippen LogP contribution in [0.15, 0.2) is 41.0 Å². The van der Waals surface area contributed by atoms with Crippen molar-refractivity contribution >= 4 is 27.5 Å². The van der Waals surface area contributed by atoms with Crippen LogP contribution in [0.1, 0.15) is 16.1 Å². The zero-order valence-electron chi connectivity index (χ0n) is 9.52. The summed E-state index contributed by atoms with van der Waals surface area (Å²) in [5.74, 6) is -1.12. The molecule has 0 saturated carbocycles. The number of nitriles is 1. The first-order chi connectivity index (χ1) is 9.10. The lowest BCUT2D eigenvalue weighted by molar-refractivity contribution is 0.102. The molecular formula is C13H7BrFN3O. The van der Waals surface area contributed by atoms with E-state index in [0.717, 1.165) is 0 Å². The van der Waals surface area contributed by atoms with Crippen molar-refractivity contribution in [1.29, 1.82) is 5.26 Å². The van der Waals surface area contributed by atoms with Crippen LogP contribution in [0.3, 0.4) is 0 Å². The molecule has 1 amide bonds. The molecular weight excluding hydrogens is 313 g/mol. The summed E-state index contributed by atoms with van der Waals surface area (Å²) in [6.07, 6.45) is 1.35. The molecule has 0 atom stereocenters. The number of carbonyl (C=O) groups excluding carboxylic acids is 1. The Morgan fingerprint density at radius 3 is 2.89 bits per heavy atom. The molecule has 6 heteroatoms. The molecule has 0 aliphatic heterocycles. The number of aromatic nitrogens is 1. The Labute approximate surface area is 117 Å². The monoisotopic (exact) mass is 319 g/mol. The van der Waals surface area contributed by atoms with Crippen LogP contribution in [-0.4, -0.2) is 10.9 Å². The van der Waals surface area contributed by atoms with E-state index in [4.69, 9.17) is 5.26 Å². The van der Waals surface area contributed by atoms with Gasteiger partial charge in [-0.1, -0.05) is 15.9 Å². The maximum atomic E-state index is 13.5. The Bertz CT molecular complexity index is 682. The Kier molecular flexibility index (Phi) is 3.88. The average molecular weight is 320 g/mol. The standard InChI is InChI=1S/C13H7BrFN3O/c14-9-1-2-10(15)11(6-9)18-13(19)12-5-8(7-16)3-4-17-12/h1-6H,(H,18,19). The summed E-state index contributed by atoms with van der Waals surface area (Å²) in [6.45, 7) is 0. The molecule has 2 aromatic rings. The van der Waals surface area contributed by atoms with E-state index in [2.05, 4.69) is 26.2 Å². The van der Waals surface area contributed by atoms with Crippen molar-refractivity contribution in [2.24, 2.45) is 0 Å². The maximum absolute atomic E-state index is 13.5. The first-order valence-corrected chi connectivity index (χ1v) is 6.02. The summed E-state index contributed by atoms with van der Waals surface area (Å²) in [6, 6.07) is 8.93. The normalized spacial score (nSPS) is 9.74. The van der Waals surface area contributed by atoms with Gasteiger partial charge in [0.15, 0.2) is 0 Å². The highest BCUT2D eigenvalue weighted by molar-refractivity contribution is 9.10. The number of rotatable bonds is 2. The van der Waals surface area contributed by atoms with Gasteiger partial charge in [-0.05, 0) is 30.3 Å². The summed E-state index contributed by atoms with van der Waals surface area (Å²) >= 11 is 3.19. The van der Waals surface area contributed by atoms with Crippen molar-refractivity contribution in [2.75, 3.05) is 5.32 Å². The third-order valence-electron chi connectivity index (χ3n) is 2.30. The van der Waals surface area contributed by atoms with Crippen LogP contribution in [-0.2, 0) is 0 Å². The van der Waals surface area contributed by atoms with Crippen LogP contribution in [0.25, 0.3) is 0 Å². The molecule has 1 N–H and O–H groups in total. The number of hydrogen-bond acceptors (Lipinski definition) is 3. The second-order valence-electron chi connectivity index (χ2n) is 3.62. The van der Waals surface area contributed by atoms with E-state index in [1.807, 2.05) is 6.07 Å². The topological polar surface area (TPSA) is 65.8 Å². The van der Waals surface area contributed by atoms with Gasteiger partial charge in [0.2, 0.25) is 0 Å². The minimum Gasteiger partial charge on any atom is -0.318 e. The molecule has 0 aliphatic rings. The number of hydrogen-bond donors (Lipinski definition) is 1. The fourth-order valence-corrected chi connectivity index (χ4v) is 1.76. The molecule has 1 heterocycles. The number of nitrogens with one attached hydrogen (secondary N) is 1. The second kappa shape index (κ2) is 5.59. The number of amides is 1. The van der Waals surface area contributed by atoms with Gasteiger partial charge in [-0.2, -0.15) is 5.26 Å². The van der Waals surface area contributed by atoms with E-state index in [1.165, 1.54) is 36.5 Å². The average Bonchev–Trinajstić information content (AvgIpc) is 2.43. The first-order valence-electron chi connectivity index (χ1n) is 5.22. The van der Waals surface area contributed by atoms with E-state index in [-0.39, 0.29) is 11.4 Å². The number of pyridine rings is 1. The Hall–Kier alpha value is -2.26. The smallest absolute Gasteiger partial charge is 0.274 e. The van der Waals surface area contributed by atoms with Gasteiger partial charge < -0.3 is 5.32 Å². The van der Waals surface area contributed by atoms with E-state index >= 15 is 0 Å². The largest absolute Gasteiger partial charge is 0.318 e. The second-order valence-corrected chi connectivity index (χ2v) is 4.54. The summed E-state index contributed by atoms with van der Waals surface area (Å²) in [4.78, 5) is 15.7. The van der Waals surface area contributed by atoms with Gasteiger partial charge in [-0.15, -0.1) is 0 Å².